The molecule has 0 spiro atoms. The van der Waals surface area contributed by atoms with E-state index in [-0.39, 0.29) is 11.9 Å². The molecule has 3 aromatic rings. The van der Waals surface area contributed by atoms with E-state index in [1.165, 1.54) is 18.2 Å². The van der Waals surface area contributed by atoms with Gasteiger partial charge in [0, 0.05) is 38.1 Å². The van der Waals surface area contributed by atoms with Crippen molar-refractivity contribution in [3.05, 3.63) is 107 Å². The zero-order chi connectivity index (χ0) is 21.6. The van der Waals surface area contributed by atoms with Gasteiger partial charge in [-0.2, -0.15) is 0 Å². The molecule has 1 saturated heterocycles. The van der Waals surface area contributed by atoms with Crippen LogP contribution < -0.4 is 0 Å². The minimum Gasteiger partial charge on any atom is -0.465 e. The van der Waals surface area contributed by atoms with Crippen LogP contribution in [-0.4, -0.2) is 55.6 Å². The van der Waals surface area contributed by atoms with E-state index in [0.29, 0.717) is 11.6 Å². The second-order valence-electron chi connectivity index (χ2n) is 8.23. The third-order valence-corrected chi connectivity index (χ3v) is 6.30. The lowest BCUT2D eigenvalue weighted by Gasteiger charge is -2.43. The fourth-order valence-corrected chi connectivity index (χ4v) is 4.63. The van der Waals surface area contributed by atoms with Crippen LogP contribution in [0.1, 0.15) is 33.0 Å². The van der Waals surface area contributed by atoms with Gasteiger partial charge in [-0.05, 0) is 29.8 Å². The van der Waals surface area contributed by atoms with Gasteiger partial charge in [0.2, 0.25) is 0 Å². The van der Waals surface area contributed by atoms with Crippen LogP contribution in [0.25, 0.3) is 0 Å². The number of ether oxygens (including phenoxy) is 1. The Morgan fingerprint density at radius 3 is 2.10 bits per heavy atom. The maximum atomic E-state index is 12.2. The number of nitrogens with zero attached hydrogens (tertiary/aromatic N) is 2. The average Bonchev–Trinajstić information content (AvgIpc) is 2.82. The predicted molar refractivity (Wildman–Crippen MR) is 124 cm³/mol. The van der Waals surface area contributed by atoms with Crippen molar-refractivity contribution in [2.45, 2.75) is 18.5 Å². The van der Waals surface area contributed by atoms with Crippen molar-refractivity contribution in [2.75, 3.05) is 33.8 Å². The first-order chi connectivity index (χ1) is 15.2. The first-order valence-corrected chi connectivity index (χ1v) is 10.9. The molecule has 1 aliphatic rings. The Bertz CT molecular complexity index is 951. The van der Waals surface area contributed by atoms with Gasteiger partial charge in [0.05, 0.1) is 12.7 Å². The summed E-state index contributed by atoms with van der Waals surface area (Å²) < 4.78 is 4.99. The van der Waals surface area contributed by atoms with Crippen molar-refractivity contribution in [3.8, 4) is 0 Å². The summed E-state index contributed by atoms with van der Waals surface area (Å²) in [7, 11) is 3.67. The molecule has 3 aromatic carbocycles. The maximum Gasteiger partial charge on any atom is 0.338 e. The van der Waals surface area contributed by atoms with E-state index < -0.39 is 0 Å². The Morgan fingerprint density at radius 1 is 0.903 bits per heavy atom. The molecule has 0 saturated carbocycles. The summed E-state index contributed by atoms with van der Waals surface area (Å²) in [6.45, 7) is 3.63. The zero-order valence-corrected chi connectivity index (χ0v) is 18.3. The summed E-state index contributed by atoms with van der Waals surface area (Å²) in [4.78, 5) is 17.2. The zero-order valence-electron chi connectivity index (χ0n) is 18.3. The summed E-state index contributed by atoms with van der Waals surface area (Å²) in [6, 6.07) is 29.7. The number of benzene rings is 3. The lowest BCUT2D eigenvalue weighted by molar-refractivity contribution is 0.0592. The molecule has 0 aromatic heterocycles. The summed E-state index contributed by atoms with van der Waals surface area (Å²) in [5.41, 5.74) is 4.35. The summed E-state index contributed by atoms with van der Waals surface area (Å²) in [6.07, 6.45) is 0. The monoisotopic (exact) mass is 414 g/mol. The van der Waals surface area contributed by atoms with Crippen LogP contribution in [-0.2, 0) is 11.3 Å². The highest BCUT2D eigenvalue weighted by Gasteiger charge is 2.33. The highest BCUT2D eigenvalue weighted by molar-refractivity contribution is 5.90. The molecule has 0 bridgehead atoms. The molecule has 160 valence electrons. The van der Waals surface area contributed by atoms with Gasteiger partial charge in [0.25, 0.3) is 0 Å². The number of hydrogen-bond acceptors (Lipinski definition) is 4. The quantitative estimate of drug-likeness (QED) is 0.559. The first kappa shape index (κ1) is 21.3. The van der Waals surface area contributed by atoms with Crippen LogP contribution in [0.4, 0.5) is 0 Å². The van der Waals surface area contributed by atoms with E-state index >= 15 is 0 Å². The van der Waals surface area contributed by atoms with Crippen LogP contribution in [0.3, 0.4) is 0 Å². The van der Waals surface area contributed by atoms with E-state index in [0.717, 1.165) is 31.7 Å². The predicted octanol–water partition coefficient (Wildman–Crippen LogP) is 4.42. The van der Waals surface area contributed by atoms with Crippen LogP contribution >= 0.6 is 0 Å². The van der Waals surface area contributed by atoms with Crippen LogP contribution in [0.5, 0.6) is 0 Å². The molecule has 0 radical (unpaired) electrons. The highest BCUT2D eigenvalue weighted by Crippen LogP contribution is 2.32. The van der Waals surface area contributed by atoms with Crippen molar-refractivity contribution in [3.63, 3.8) is 0 Å². The number of methoxy groups -OCH3 is 1. The van der Waals surface area contributed by atoms with Crippen LogP contribution in [0.2, 0.25) is 0 Å². The molecular formula is C27H30N2O2. The second-order valence-corrected chi connectivity index (χ2v) is 8.23. The Balaban J connectivity index is 1.62. The summed E-state index contributed by atoms with van der Waals surface area (Å²) >= 11 is 0. The number of carbonyl (C=O) groups is 1. The minimum atomic E-state index is -0.271. The highest BCUT2D eigenvalue weighted by atomic mass is 16.5. The number of piperazine rings is 1. The average molecular weight is 415 g/mol. The lowest BCUT2D eigenvalue weighted by atomic mass is 9.83. The molecule has 1 aliphatic heterocycles. The topological polar surface area (TPSA) is 32.8 Å². The van der Waals surface area contributed by atoms with Gasteiger partial charge in [0.1, 0.15) is 0 Å². The van der Waals surface area contributed by atoms with Crippen molar-refractivity contribution in [1.29, 1.82) is 0 Å². The minimum absolute atomic E-state index is 0.271. The Hall–Kier alpha value is -2.95. The number of hydrogen-bond donors (Lipinski definition) is 0. The molecule has 4 rings (SSSR count). The van der Waals surface area contributed by atoms with Crippen molar-refractivity contribution in [2.24, 2.45) is 0 Å². The Morgan fingerprint density at radius 2 is 1.48 bits per heavy atom. The summed E-state index contributed by atoms with van der Waals surface area (Å²) in [5.74, 6) is 0.0128. The normalized spacial score (nSPS) is 17.6. The van der Waals surface area contributed by atoms with Crippen molar-refractivity contribution < 1.29 is 9.53 Å². The summed E-state index contributed by atoms with van der Waals surface area (Å²) in [5, 5.41) is 0. The van der Waals surface area contributed by atoms with E-state index in [1.54, 1.807) is 0 Å². The van der Waals surface area contributed by atoms with Crippen molar-refractivity contribution in [1.82, 2.24) is 9.80 Å². The van der Waals surface area contributed by atoms with Crippen LogP contribution in [0, 0.1) is 0 Å². The lowest BCUT2D eigenvalue weighted by Crippen LogP contribution is -2.53. The van der Waals surface area contributed by atoms with Crippen molar-refractivity contribution >= 4 is 5.97 Å². The molecule has 4 nitrogen and oxygen atoms in total. The molecule has 0 N–H and O–H groups in total. The molecule has 0 aliphatic carbocycles. The molecule has 1 unspecified atom stereocenters. The first-order valence-electron chi connectivity index (χ1n) is 10.9. The van der Waals surface area contributed by atoms with Crippen LogP contribution in [0.15, 0.2) is 84.9 Å². The van der Waals surface area contributed by atoms with Gasteiger partial charge in [-0.1, -0.05) is 78.9 Å². The van der Waals surface area contributed by atoms with Gasteiger partial charge in [-0.15, -0.1) is 0 Å². The van der Waals surface area contributed by atoms with Gasteiger partial charge in [-0.3, -0.25) is 9.80 Å². The molecule has 1 fully saturated rings. The number of rotatable bonds is 6. The second kappa shape index (κ2) is 9.90. The van der Waals surface area contributed by atoms with Gasteiger partial charge in [-0.25, -0.2) is 4.79 Å². The molecule has 0 amide bonds. The smallest absolute Gasteiger partial charge is 0.338 e. The number of esters is 1. The van der Waals surface area contributed by atoms with E-state index in [2.05, 4.69) is 77.5 Å². The third kappa shape index (κ3) is 4.87. The number of carbonyl (C=O) groups excluding carboxylic acids is 1. The fourth-order valence-electron chi connectivity index (χ4n) is 4.63. The van der Waals surface area contributed by atoms with E-state index in [1.807, 2.05) is 24.3 Å². The molecule has 1 heterocycles. The number of likely N-dealkylation sites (N-methyl/N-ethyl adjacent to an activating group) is 1. The standard InChI is InChI=1S/C27H30N2O2/c1-28-17-18-29(19-23-15-9-10-16-24(23)27(30)31-2)20-25(28)26(21-11-5-3-6-12-21)22-13-7-4-8-14-22/h3-16,25-26H,17-20H2,1-2H3. The van der Waals surface area contributed by atoms with Gasteiger partial charge >= 0.3 is 5.97 Å². The largest absolute Gasteiger partial charge is 0.465 e. The molecule has 4 heteroatoms. The SMILES string of the molecule is COC(=O)c1ccccc1CN1CCN(C)C(C(c2ccccc2)c2ccccc2)C1. The van der Waals surface area contributed by atoms with Gasteiger partial charge < -0.3 is 4.74 Å². The molecule has 1 atom stereocenters. The third-order valence-electron chi connectivity index (χ3n) is 6.30. The van der Waals surface area contributed by atoms with E-state index in [9.17, 15) is 4.79 Å². The Kier molecular flexibility index (Phi) is 6.80. The maximum absolute atomic E-state index is 12.2. The fraction of sp³-hybridized carbons (Fsp3) is 0.296. The van der Waals surface area contributed by atoms with Gasteiger partial charge in [0.15, 0.2) is 0 Å². The van der Waals surface area contributed by atoms with E-state index in [4.69, 9.17) is 4.74 Å². The molecule has 31 heavy (non-hydrogen) atoms. The Labute approximate surface area is 185 Å². The molecular weight excluding hydrogens is 384 g/mol.